The number of carbonyl (C=O) groups is 2. The highest BCUT2D eigenvalue weighted by Crippen LogP contribution is 2.30. The Kier molecular flexibility index (Phi) is 7.96. The number of benzene rings is 1. The van der Waals surface area contributed by atoms with Crippen LogP contribution in [-0.4, -0.2) is 38.1 Å². The molecular formula is C17H23N5O5S2. The third kappa shape index (κ3) is 7.69. The van der Waals surface area contributed by atoms with E-state index in [-0.39, 0.29) is 13.0 Å². The number of carboxylic acid groups (broad SMARTS) is 1. The SMILES string of the molecule is Nc1ccc(-c2cccs2)cc1NC(=O)C(CCCCNS(N)(=O)=O)NC(=O)O. The van der Waals surface area contributed by atoms with Gasteiger partial charge in [-0.2, -0.15) is 8.42 Å². The fraction of sp³-hybridized carbons (Fsp3) is 0.294. The third-order valence-corrected chi connectivity index (χ3v) is 5.48. The Morgan fingerprint density at radius 1 is 1.21 bits per heavy atom. The summed E-state index contributed by atoms with van der Waals surface area (Å²) in [5.74, 6) is -0.554. The van der Waals surface area contributed by atoms with E-state index in [0.717, 1.165) is 10.4 Å². The van der Waals surface area contributed by atoms with Crippen LogP contribution in [0.25, 0.3) is 10.4 Å². The van der Waals surface area contributed by atoms with Crippen molar-refractivity contribution in [2.24, 2.45) is 5.14 Å². The first-order valence-corrected chi connectivity index (χ1v) is 11.1. The molecule has 2 amide bonds. The van der Waals surface area contributed by atoms with Gasteiger partial charge in [0.1, 0.15) is 6.04 Å². The molecule has 8 N–H and O–H groups in total. The molecule has 2 rings (SSSR count). The van der Waals surface area contributed by atoms with Crippen LogP contribution in [0.15, 0.2) is 35.7 Å². The van der Waals surface area contributed by atoms with Crippen LogP contribution < -0.4 is 26.2 Å². The van der Waals surface area contributed by atoms with E-state index >= 15 is 0 Å². The topological polar surface area (TPSA) is 177 Å². The van der Waals surface area contributed by atoms with Crippen LogP contribution in [-0.2, 0) is 15.0 Å². The predicted molar refractivity (Wildman–Crippen MR) is 113 cm³/mol. The van der Waals surface area contributed by atoms with E-state index in [1.54, 1.807) is 23.5 Å². The predicted octanol–water partition coefficient (Wildman–Crippen LogP) is 1.54. The average Bonchev–Trinajstić information content (AvgIpc) is 3.15. The molecule has 0 radical (unpaired) electrons. The number of nitrogens with two attached hydrogens (primary N) is 2. The van der Waals surface area contributed by atoms with E-state index in [4.69, 9.17) is 16.0 Å². The Morgan fingerprint density at radius 3 is 2.59 bits per heavy atom. The van der Waals surface area contributed by atoms with Crippen molar-refractivity contribution in [1.82, 2.24) is 10.0 Å². The summed E-state index contributed by atoms with van der Waals surface area (Å²) < 4.78 is 23.8. The van der Waals surface area contributed by atoms with Crippen molar-refractivity contribution in [2.75, 3.05) is 17.6 Å². The van der Waals surface area contributed by atoms with Gasteiger partial charge >= 0.3 is 6.09 Å². The van der Waals surface area contributed by atoms with E-state index in [9.17, 15) is 18.0 Å². The smallest absolute Gasteiger partial charge is 0.405 e. The molecule has 12 heteroatoms. The molecule has 0 spiro atoms. The number of anilines is 2. The second-order valence-electron chi connectivity index (χ2n) is 6.21. The summed E-state index contributed by atoms with van der Waals surface area (Å²) in [4.78, 5) is 24.6. The van der Waals surface area contributed by atoms with Gasteiger partial charge in [-0.15, -0.1) is 11.3 Å². The van der Waals surface area contributed by atoms with Gasteiger partial charge in [0.15, 0.2) is 0 Å². The molecule has 0 aliphatic carbocycles. The van der Waals surface area contributed by atoms with Crippen molar-refractivity contribution in [2.45, 2.75) is 25.3 Å². The van der Waals surface area contributed by atoms with Crippen molar-refractivity contribution in [3.8, 4) is 10.4 Å². The second-order valence-corrected chi connectivity index (χ2v) is 8.53. The van der Waals surface area contributed by atoms with Gasteiger partial charge in [-0.25, -0.2) is 14.7 Å². The van der Waals surface area contributed by atoms with Crippen molar-refractivity contribution in [3.05, 3.63) is 35.7 Å². The monoisotopic (exact) mass is 441 g/mol. The highest BCUT2D eigenvalue weighted by Gasteiger charge is 2.21. The molecule has 0 aliphatic rings. The number of hydrogen-bond acceptors (Lipinski definition) is 6. The number of nitrogen functional groups attached to an aromatic ring is 1. The first kappa shape index (κ1) is 22.6. The van der Waals surface area contributed by atoms with Gasteiger partial charge in [0.05, 0.1) is 11.4 Å². The summed E-state index contributed by atoms with van der Waals surface area (Å²) in [6, 6.07) is 8.06. The first-order valence-electron chi connectivity index (χ1n) is 8.67. The lowest BCUT2D eigenvalue weighted by atomic mass is 10.1. The Hall–Kier alpha value is -2.67. The number of thiophene rings is 1. The number of amides is 2. The van der Waals surface area contributed by atoms with Crippen LogP contribution in [0.5, 0.6) is 0 Å². The molecule has 1 aromatic carbocycles. The minimum Gasteiger partial charge on any atom is -0.465 e. The maximum atomic E-state index is 12.6. The largest absolute Gasteiger partial charge is 0.465 e. The Labute approximate surface area is 172 Å². The molecule has 10 nitrogen and oxygen atoms in total. The van der Waals surface area contributed by atoms with Crippen LogP contribution >= 0.6 is 11.3 Å². The molecule has 2 aromatic rings. The third-order valence-electron chi connectivity index (χ3n) is 3.95. The summed E-state index contributed by atoms with van der Waals surface area (Å²) >= 11 is 1.54. The molecule has 0 bridgehead atoms. The Bertz CT molecular complexity index is 947. The average molecular weight is 442 g/mol. The first-order chi connectivity index (χ1) is 13.7. The Morgan fingerprint density at radius 2 is 1.97 bits per heavy atom. The maximum Gasteiger partial charge on any atom is 0.405 e. The van der Waals surface area contributed by atoms with Crippen LogP contribution in [0.1, 0.15) is 19.3 Å². The zero-order valence-electron chi connectivity index (χ0n) is 15.4. The number of rotatable bonds is 10. The van der Waals surface area contributed by atoms with E-state index < -0.39 is 28.3 Å². The zero-order valence-corrected chi connectivity index (χ0v) is 17.1. The lowest BCUT2D eigenvalue weighted by Gasteiger charge is -2.18. The van der Waals surface area contributed by atoms with Crippen LogP contribution in [0.2, 0.25) is 0 Å². The molecule has 1 unspecified atom stereocenters. The van der Waals surface area contributed by atoms with E-state index in [1.165, 1.54) is 0 Å². The second kappa shape index (κ2) is 10.2. The summed E-state index contributed by atoms with van der Waals surface area (Å²) in [6.07, 6.45) is -0.383. The van der Waals surface area contributed by atoms with Crippen molar-refractivity contribution >= 4 is 44.9 Å². The fourth-order valence-corrected chi connectivity index (χ4v) is 3.74. The molecule has 1 aromatic heterocycles. The van der Waals surface area contributed by atoms with Gasteiger partial charge in [0.25, 0.3) is 10.2 Å². The van der Waals surface area contributed by atoms with Gasteiger partial charge < -0.3 is 21.5 Å². The zero-order chi connectivity index (χ0) is 21.4. The summed E-state index contributed by atoms with van der Waals surface area (Å²) in [5.41, 5.74) is 7.56. The van der Waals surface area contributed by atoms with E-state index in [1.807, 2.05) is 23.6 Å². The minimum absolute atomic E-state index is 0.0933. The molecule has 0 aliphatic heterocycles. The van der Waals surface area contributed by atoms with E-state index in [2.05, 4.69) is 15.4 Å². The van der Waals surface area contributed by atoms with Crippen molar-refractivity contribution < 1.29 is 23.1 Å². The molecule has 0 fully saturated rings. The van der Waals surface area contributed by atoms with Gasteiger partial charge in [-0.3, -0.25) is 4.79 Å². The molecule has 0 saturated heterocycles. The molecule has 0 saturated carbocycles. The Balaban J connectivity index is 2.02. The van der Waals surface area contributed by atoms with Crippen LogP contribution in [0.4, 0.5) is 16.2 Å². The highest BCUT2D eigenvalue weighted by molar-refractivity contribution is 7.87. The fourth-order valence-electron chi connectivity index (χ4n) is 2.59. The summed E-state index contributed by atoms with van der Waals surface area (Å²) in [7, 11) is -3.78. The summed E-state index contributed by atoms with van der Waals surface area (Å²) in [5, 5.41) is 20.6. The van der Waals surface area contributed by atoms with Crippen LogP contribution in [0, 0.1) is 0 Å². The molecular weight excluding hydrogens is 418 g/mol. The van der Waals surface area contributed by atoms with Crippen LogP contribution in [0.3, 0.4) is 0 Å². The van der Waals surface area contributed by atoms with Gasteiger partial charge in [0.2, 0.25) is 5.91 Å². The lowest BCUT2D eigenvalue weighted by molar-refractivity contribution is -0.118. The highest BCUT2D eigenvalue weighted by atomic mass is 32.2. The number of unbranched alkanes of at least 4 members (excludes halogenated alkanes) is 1. The minimum atomic E-state index is -3.78. The number of nitrogens with one attached hydrogen (secondary N) is 3. The number of hydrogen-bond donors (Lipinski definition) is 6. The normalized spacial score (nSPS) is 12.3. The van der Waals surface area contributed by atoms with Crippen molar-refractivity contribution in [3.63, 3.8) is 0 Å². The van der Waals surface area contributed by atoms with Crippen molar-refractivity contribution in [1.29, 1.82) is 0 Å². The van der Waals surface area contributed by atoms with Gasteiger partial charge in [-0.05, 0) is 48.4 Å². The number of carbonyl (C=O) groups excluding carboxylic acids is 1. The molecule has 158 valence electrons. The van der Waals surface area contributed by atoms with Gasteiger partial charge in [-0.1, -0.05) is 12.1 Å². The van der Waals surface area contributed by atoms with Gasteiger partial charge in [0, 0.05) is 11.4 Å². The molecule has 1 heterocycles. The molecule has 29 heavy (non-hydrogen) atoms. The maximum absolute atomic E-state index is 12.6. The molecule has 1 atom stereocenters. The quantitative estimate of drug-likeness (QED) is 0.240. The standard InChI is InChI=1S/C17H23N5O5S2/c18-12-7-6-11(15-5-3-9-28-15)10-14(12)21-16(23)13(22-17(24)25)4-1-2-8-20-29(19,26)27/h3,5-7,9-10,13,20,22H,1-2,4,8,18H2,(H,21,23)(H,24,25)(H2,19,26,27). The summed E-state index contributed by atoms with van der Waals surface area (Å²) in [6.45, 7) is 0.0933. The lowest BCUT2D eigenvalue weighted by Crippen LogP contribution is -2.43. The van der Waals surface area contributed by atoms with E-state index in [0.29, 0.717) is 24.2 Å².